The van der Waals surface area contributed by atoms with Gasteiger partial charge in [-0.25, -0.2) is 0 Å². The lowest BCUT2D eigenvalue weighted by molar-refractivity contribution is 0.311. The minimum Gasteiger partial charge on any atom is -0.271 e. The molecule has 0 aliphatic rings. The number of nitrogens with one attached hydrogen (secondary N) is 1. The predicted octanol–water partition coefficient (Wildman–Crippen LogP) is 3.08. The SMILES string of the molecule is CCC(Cc1ccccc1)(Cc1ccccc1)NN. The molecule has 0 spiro atoms. The van der Waals surface area contributed by atoms with Crippen LogP contribution in [-0.4, -0.2) is 5.54 Å². The van der Waals surface area contributed by atoms with Gasteiger partial charge in [-0.05, 0) is 30.4 Å². The van der Waals surface area contributed by atoms with Gasteiger partial charge in [-0.1, -0.05) is 67.6 Å². The summed E-state index contributed by atoms with van der Waals surface area (Å²) in [6.07, 6.45) is 2.87. The predicted molar refractivity (Wildman–Crippen MR) is 80.6 cm³/mol. The van der Waals surface area contributed by atoms with Crippen molar-refractivity contribution in [3.05, 3.63) is 71.8 Å². The molecule has 0 saturated heterocycles. The first-order valence-electron chi connectivity index (χ1n) is 6.83. The molecule has 2 nitrogen and oxygen atoms in total. The van der Waals surface area contributed by atoms with Crippen LogP contribution >= 0.6 is 0 Å². The Morgan fingerprint density at radius 2 is 1.26 bits per heavy atom. The highest BCUT2D eigenvalue weighted by atomic mass is 15.3. The van der Waals surface area contributed by atoms with Crippen LogP contribution in [0, 0.1) is 0 Å². The first-order valence-corrected chi connectivity index (χ1v) is 6.83. The van der Waals surface area contributed by atoms with E-state index in [0.717, 1.165) is 19.3 Å². The van der Waals surface area contributed by atoms with Gasteiger partial charge in [0.15, 0.2) is 0 Å². The zero-order valence-electron chi connectivity index (χ0n) is 11.5. The van der Waals surface area contributed by atoms with Crippen LogP contribution in [0.1, 0.15) is 24.5 Å². The summed E-state index contributed by atoms with van der Waals surface area (Å²) in [4.78, 5) is 0. The number of nitrogens with two attached hydrogens (primary N) is 1. The van der Waals surface area contributed by atoms with Crippen molar-refractivity contribution in [2.45, 2.75) is 31.7 Å². The van der Waals surface area contributed by atoms with E-state index in [4.69, 9.17) is 5.84 Å². The second-order valence-corrected chi connectivity index (χ2v) is 5.10. The number of hydrogen-bond donors (Lipinski definition) is 2. The van der Waals surface area contributed by atoms with Crippen molar-refractivity contribution in [3.8, 4) is 0 Å². The fourth-order valence-corrected chi connectivity index (χ4v) is 2.49. The van der Waals surface area contributed by atoms with Gasteiger partial charge in [0, 0.05) is 5.54 Å². The van der Waals surface area contributed by atoms with Crippen LogP contribution in [0.25, 0.3) is 0 Å². The number of hydrazine groups is 1. The van der Waals surface area contributed by atoms with Crippen molar-refractivity contribution < 1.29 is 0 Å². The maximum Gasteiger partial charge on any atom is 0.0399 e. The van der Waals surface area contributed by atoms with E-state index in [1.807, 2.05) is 12.1 Å². The molecule has 0 unspecified atom stereocenters. The van der Waals surface area contributed by atoms with Gasteiger partial charge in [0.05, 0.1) is 0 Å². The molecule has 2 rings (SSSR count). The summed E-state index contributed by atoms with van der Waals surface area (Å²) in [5.74, 6) is 5.86. The monoisotopic (exact) mass is 254 g/mol. The normalized spacial score (nSPS) is 11.5. The summed E-state index contributed by atoms with van der Waals surface area (Å²) in [6.45, 7) is 2.19. The molecule has 0 aliphatic carbocycles. The number of rotatable bonds is 6. The van der Waals surface area contributed by atoms with Crippen molar-refractivity contribution in [2.75, 3.05) is 0 Å². The molecule has 3 N–H and O–H groups in total. The summed E-state index contributed by atoms with van der Waals surface area (Å²) in [5, 5.41) is 0. The van der Waals surface area contributed by atoms with E-state index in [2.05, 4.69) is 60.9 Å². The second kappa shape index (κ2) is 6.50. The van der Waals surface area contributed by atoms with Gasteiger partial charge >= 0.3 is 0 Å². The summed E-state index contributed by atoms with van der Waals surface area (Å²) in [5.41, 5.74) is 5.62. The van der Waals surface area contributed by atoms with Crippen molar-refractivity contribution in [3.63, 3.8) is 0 Å². The Morgan fingerprint density at radius 3 is 1.58 bits per heavy atom. The van der Waals surface area contributed by atoms with Crippen LogP contribution in [0.4, 0.5) is 0 Å². The standard InChI is InChI=1S/C17H22N2/c1-2-17(19-18,13-15-9-5-3-6-10-15)14-16-11-7-4-8-12-16/h3-12,19H,2,13-14,18H2,1H3. The molecule has 19 heavy (non-hydrogen) atoms. The van der Waals surface area contributed by atoms with Crippen LogP contribution in [-0.2, 0) is 12.8 Å². The van der Waals surface area contributed by atoms with E-state index in [1.54, 1.807) is 0 Å². The number of hydrogen-bond acceptors (Lipinski definition) is 2. The summed E-state index contributed by atoms with van der Waals surface area (Å²) >= 11 is 0. The lowest BCUT2D eigenvalue weighted by Crippen LogP contribution is -2.52. The highest BCUT2D eigenvalue weighted by Crippen LogP contribution is 2.22. The molecule has 2 heteroatoms. The van der Waals surface area contributed by atoms with Crippen LogP contribution in [0.15, 0.2) is 60.7 Å². The van der Waals surface area contributed by atoms with Crippen LogP contribution in [0.2, 0.25) is 0 Å². The zero-order chi connectivity index (χ0) is 13.6. The fraction of sp³-hybridized carbons (Fsp3) is 0.294. The van der Waals surface area contributed by atoms with Crippen LogP contribution in [0.5, 0.6) is 0 Å². The molecule has 2 aromatic carbocycles. The Hall–Kier alpha value is -1.64. The highest BCUT2D eigenvalue weighted by molar-refractivity contribution is 5.22. The van der Waals surface area contributed by atoms with E-state index in [0.29, 0.717) is 0 Å². The molecule has 0 aromatic heterocycles. The van der Waals surface area contributed by atoms with E-state index in [1.165, 1.54) is 11.1 Å². The number of benzene rings is 2. The van der Waals surface area contributed by atoms with Crippen molar-refractivity contribution >= 4 is 0 Å². The van der Waals surface area contributed by atoms with Crippen LogP contribution < -0.4 is 11.3 Å². The minimum absolute atomic E-state index is 0.0806. The molecule has 0 radical (unpaired) electrons. The lowest BCUT2D eigenvalue weighted by atomic mass is 9.83. The quantitative estimate of drug-likeness (QED) is 0.614. The average Bonchev–Trinajstić information content (AvgIpc) is 2.48. The molecular weight excluding hydrogens is 232 g/mol. The van der Waals surface area contributed by atoms with E-state index >= 15 is 0 Å². The van der Waals surface area contributed by atoms with Gasteiger partial charge in [-0.3, -0.25) is 11.3 Å². The molecule has 0 saturated carbocycles. The maximum atomic E-state index is 5.86. The Bertz CT molecular complexity index is 432. The topological polar surface area (TPSA) is 38.0 Å². The third-order valence-electron chi connectivity index (χ3n) is 3.75. The van der Waals surface area contributed by atoms with Crippen LogP contribution in [0.3, 0.4) is 0 Å². The fourth-order valence-electron chi connectivity index (χ4n) is 2.49. The molecule has 0 heterocycles. The smallest absolute Gasteiger partial charge is 0.0399 e. The molecule has 0 amide bonds. The third-order valence-corrected chi connectivity index (χ3v) is 3.75. The summed E-state index contributed by atoms with van der Waals surface area (Å²) in [7, 11) is 0. The van der Waals surface area contributed by atoms with E-state index in [-0.39, 0.29) is 5.54 Å². The Morgan fingerprint density at radius 1 is 0.842 bits per heavy atom. The molecule has 0 fully saturated rings. The third kappa shape index (κ3) is 3.66. The van der Waals surface area contributed by atoms with Gasteiger partial charge in [-0.15, -0.1) is 0 Å². The minimum atomic E-state index is -0.0806. The van der Waals surface area contributed by atoms with Gasteiger partial charge in [0.1, 0.15) is 0 Å². The summed E-state index contributed by atoms with van der Waals surface area (Å²) in [6, 6.07) is 21.0. The van der Waals surface area contributed by atoms with E-state index in [9.17, 15) is 0 Å². The Balaban J connectivity index is 2.18. The van der Waals surface area contributed by atoms with Gasteiger partial charge < -0.3 is 0 Å². The molecule has 0 bridgehead atoms. The van der Waals surface area contributed by atoms with Gasteiger partial charge in [0.25, 0.3) is 0 Å². The van der Waals surface area contributed by atoms with E-state index < -0.39 is 0 Å². The zero-order valence-corrected chi connectivity index (χ0v) is 11.5. The van der Waals surface area contributed by atoms with Crippen molar-refractivity contribution in [2.24, 2.45) is 5.84 Å². The molecule has 100 valence electrons. The Kier molecular flexibility index (Phi) is 4.72. The summed E-state index contributed by atoms with van der Waals surface area (Å²) < 4.78 is 0. The molecule has 0 atom stereocenters. The first-order chi connectivity index (χ1) is 9.28. The maximum absolute atomic E-state index is 5.86. The highest BCUT2D eigenvalue weighted by Gasteiger charge is 2.27. The van der Waals surface area contributed by atoms with Crippen molar-refractivity contribution in [1.29, 1.82) is 0 Å². The molecular formula is C17H22N2. The van der Waals surface area contributed by atoms with Gasteiger partial charge in [-0.2, -0.15) is 0 Å². The average molecular weight is 254 g/mol. The molecule has 0 aliphatic heterocycles. The lowest BCUT2D eigenvalue weighted by Gasteiger charge is -2.32. The first kappa shape index (κ1) is 13.8. The molecule has 2 aromatic rings. The van der Waals surface area contributed by atoms with Gasteiger partial charge in [0.2, 0.25) is 0 Å². The second-order valence-electron chi connectivity index (χ2n) is 5.10. The largest absolute Gasteiger partial charge is 0.271 e. The van der Waals surface area contributed by atoms with Crippen molar-refractivity contribution in [1.82, 2.24) is 5.43 Å². The Labute approximate surface area is 115 Å².